The van der Waals surface area contributed by atoms with Gasteiger partial charge in [0.1, 0.15) is 6.07 Å². The fourth-order valence-corrected chi connectivity index (χ4v) is 2.44. The molecule has 1 aliphatic heterocycles. The zero-order valence-electron chi connectivity index (χ0n) is 10.4. The minimum atomic E-state index is 0.591. The molecule has 17 heavy (non-hydrogen) atoms. The molecule has 1 aromatic rings. The molecule has 1 aromatic carbocycles. The van der Waals surface area contributed by atoms with Gasteiger partial charge in [0.15, 0.2) is 0 Å². The molecule has 3 nitrogen and oxygen atoms in total. The minimum absolute atomic E-state index is 0.591. The van der Waals surface area contributed by atoms with Crippen LogP contribution < -0.4 is 4.90 Å². The van der Waals surface area contributed by atoms with Crippen molar-refractivity contribution in [2.45, 2.75) is 13.3 Å². The van der Waals surface area contributed by atoms with Gasteiger partial charge >= 0.3 is 0 Å². The second-order valence-electron chi connectivity index (χ2n) is 4.69. The third-order valence-electron chi connectivity index (χ3n) is 3.30. The summed E-state index contributed by atoms with van der Waals surface area (Å²) >= 11 is 0. The van der Waals surface area contributed by atoms with Crippen LogP contribution in [0.3, 0.4) is 0 Å². The van der Waals surface area contributed by atoms with E-state index in [9.17, 15) is 5.26 Å². The molecule has 0 spiro atoms. The summed E-state index contributed by atoms with van der Waals surface area (Å²) in [5.41, 5.74) is 2.98. The van der Waals surface area contributed by atoms with Crippen molar-refractivity contribution in [2.24, 2.45) is 5.92 Å². The molecule has 90 valence electrons. The summed E-state index contributed by atoms with van der Waals surface area (Å²) in [6, 6.07) is 8.37. The molecule has 1 fully saturated rings. The maximum Gasteiger partial charge on any atom is 0.101 e. The van der Waals surface area contributed by atoms with E-state index in [4.69, 9.17) is 4.74 Å². The topological polar surface area (TPSA) is 36.3 Å². The van der Waals surface area contributed by atoms with E-state index >= 15 is 0 Å². The Morgan fingerprint density at radius 1 is 1.53 bits per heavy atom. The normalized spacial score (nSPS) is 19.4. The highest BCUT2D eigenvalue weighted by Gasteiger charge is 2.24. The lowest BCUT2D eigenvalue weighted by molar-refractivity contribution is 0.161. The molecule has 1 unspecified atom stereocenters. The van der Waals surface area contributed by atoms with E-state index in [2.05, 4.69) is 23.1 Å². The van der Waals surface area contributed by atoms with Crippen LogP contribution in [0, 0.1) is 24.2 Å². The number of anilines is 1. The van der Waals surface area contributed by atoms with E-state index in [0.29, 0.717) is 5.92 Å². The number of ether oxygens (including phenoxy) is 1. The fourth-order valence-electron chi connectivity index (χ4n) is 2.44. The van der Waals surface area contributed by atoms with Crippen LogP contribution in [0.15, 0.2) is 18.2 Å². The van der Waals surface area contributed by atoms with Gasteiger partial charge in [-0.3, -0.25) is 0 Å². The summed E-state index contributed by atoms with van der Waals surface area (Å²) in [5.74, 6) is 0.591. The van der Waals surface area contributed by atoms with Crippen molar-refractivity contribution in [3.8, 4) is 6.07 Å². The second-order valence-corrected chi connectivity index (χ2v) is 4.69. The summed E-state index contributed by atoms with van der Waals surface area (Å²) in [5, 5.41) is 9.17. The highest BCUT2D eigenvalue weighted by atomic mass is 16.5. The first-order valence-electron chi connectivity index (χ1n) is 5.99. The molecule has 0 N–H and O–H groups in total. The molecule has 0 bridgehead atoms. The van der Waals surface area contributed by atoms with Gasteiger partial charge < -0.3 is 9.64 Å². The molecule has 1 aliphatic rings. The number of rotatable bonds is 3. The van der Waals surface area contributed by atoms with Gasteiger partial charge in [0.2, 0.25) is 0 Å². The maximum atomic E-state index is 9.17. The SMILES string of the molecule is COCC1CCN(c2ccc(C)cc2C#N)C1. The summed E-state index contributed by atoms with van der Waals surface area (Å²) in [6.45, 7) is 4.84. The van der Waals surface area contributed by atoms with Gasteiger partial charge in [0.05, 0.1) is 17.9 Å². The molecule has 1 heterocycles. The van der Waals surface area contributed by atoms with E-state index in [1.54, 1.807) is 7.11 Å². The second kappa shape index (κ2) is 5.20. The van der Waals surface area contributed by atoms with Crippen LogP contribution in [-0.2, 0) is 4.74 Å². The molecule has 2 rings (SSSR count). The quantitative estimate of drug-likeness (QED) is 0.799. The molecule has 0 amide bonds. The van der Waals surface area contributed by atoms with Crippen LogP contribution >= 0.6 is 0 Å². The average Bonchev–Trinajstić information content (AvgIpc) is 2.78. The first kappa shape index (κ1) is 11.9. The third-order valence-corrected chi connectivity index (χ3v) is 3.30. The number of hydrogen-bond acceptors (Lipinski definition) is 3. The lowest BCUT2D eigenvalue weighted by Gasteiger charge is -2.20. The van der Waals surface area contributed by atoms with Gasteiger partial charge in [0.25, 0.3) is 0 Å². The Kier molecular flexibility index (Phi) is 3.65. The number of hydrogen-bond donors (Lipinski definition) is 0. The van der Waals surface area contributed by atoms with Crippen LogP contribution in [0.25, 0.3) is 0 Å². The van der Waals surface area contributed by atoms with Crippen molar-refractivity contribution in [1.82, 2.24) is 0 Å². The molecule has 0 aromatic heterocycles. The molecule has 1 saturated heterocycles. The number of methoxy groups -OCH3 is 1. The van der Waals surface area contributed by atoms with Crippen molar-refractivity contribution >= 4 is 5.69 Å². The predicted molar refractivity (Wildman–Crippen MR) is 68.1 cm³/mol. The highest BCUT2D eigenvalue weighted by Crippen LogP contribution is 2.27. The van der Waals surface area contributed by atoms with Crippen molar-refractivity contribution in [3.63, 3.8) is 0 Å². The van der Waals surface area contributed by atoms with Gasteiger partial charge in [-0.2, -0.15) is 5.26 Å². The monoisotopic (exact) mass is 230 g/mol. The lowest BCUT2D eigenvalue weighted by Crippen LogP contribution is -2.21. The molecule has 3 heteroatoms. The molecular weight excluding hydrogens is 212 g/mol. The number of benzene rings is 1. The molecule has 0 saturated carbocycles. The van der Waals surface area contributed by atoms with Gasteiger partial charge in [0, 0.05) is 26.1 Å². The summed E-state index contributed by atoms with van der Waals surface area (Å²) in [6.07, 6.45) is 1.15. The van der Waals surface area contributed by atoms with Crippen LogP contribution in [0.4, 0.5) is 5.69 Å². The third kappa shape index (κ3) is 2.59. The first-order valence-corrected chi connectivity index (χ1v) is 5.99. The van der Waals surface area contributed by atoms with Crippen molar-refractivity contribution < 1.29 is 4.74 Å². The summed E-state index contributed by atoms with van der Waals surface area (Å²) < 4.78 is 5.19. The number of nitriles is 1. The molecule has 0 radical (unpaired) electrons. The van der Waals surface area contributed by atoms with Crippen molar-refractivity contribution in [1.29, 1.82) is 5.26 Å². The highest BCUT2D eigenvalue weighted by molar-refractivity contribution is 5.60. The molecular formula is C14H18N2O. The van der Waals surface area contributed by atoms with E-state index < -0.39 is 0 Å². The van der Waals surface area contributed by atoms with Crippen LogP contribution in [0.1, 0.15) is 17.5 Å². The fraction of sp³-hybridized carbons (Fsp3) is 0.500. The Labute approximate surface area is 103 Å². The van der Waals surface area contributed by atoms with Crippen LogP contribution in [-0.4, -0.2) is 26.8 Å². The zero-order chi connectivity index (χ0) is 12.3. The Morgan fingerprint density at radius 2 is 2.35 bits per heavy atom. The smallest absolute Gasteiger partial charge is 0.101 e. The maximum absolute atomic E-state index is 9.17. The Balaban J connectivity index is 2.16. The van der Waals surface area contributed by atoms with Crippen molar-refractivity contribution in [2.75, 3.05) is 31.7 Å². The predicted octanol–water partition coefficient (Wildman–Crippen LogP) is 2.34. The van der Waals surface area contributed by atoms with E-state index in [-0.39, 0.29) is 0 Å². The standard InChI is InChI=1S/C14H18N2O/c1-11-3-4-14(13(7-11)8-15)16-6-5-12(9-16)10-17-2/h3-4,7,12H,5-6,9-10H2,1-2H3. The Bertz CT molecular complexity index is 436. The molecule has 1 atom stereocenters. The largest absolute Gasteiger partial charge is 0.384 e. The summed E-state index contributed by atoms with van der Waals surface area (Å²) in [4.78, 5) is 2.29. The van der Waals surface area contributed by atoms with Gasteiger partial charge in [-0.25, -0.2) is 0 Å². The first-order chi connectivity index (χ1) is 8.24. The average molecular weight is 230 g/mol. The van der Waals surface area contributed by atoms with Gasteiger partial charge in [-0.1, -0.05) is 6.07 Å². The molecule has 0 aliphatic carbocycles. The van der Waals surface area contributed by atoms with Crippen LogP contribution in [0.5, 0.6) is 0 Å². The van der Waals surface area contributed by atoms with E-state index in [1.807, 2.05) is 13.0 Å². The van der Waals surface area contributed by atoms with Crippen LogP contribution in [0.2, 0.25) is 0 Å². The Morgan fingerprint density at radius 3 is 3.06 bits per heavy atom. The minimum Gasteiger partial charge on any atom is -0.384 e. The lowest BCUT2D eigenvalue weighted by atomic mass is 10.1. The summed E-state index contributed by atoms with van der Waals surface area (Å²) in [7, 11) is 1.75. The number of nitrogens with zero attached hydrogens (tertiary/aromatic N) is 2. The van der Waals surface area contributed by atoms with E-state index in [1.165, 1.54) is 0 Å². The number of aryl methyl sites for hydroxylation is 1. The van der Waals surface area contributed by atoms with E-state index in [0.717, 1.165) is 42.9 Å². The Hall–Kier alpha value is -1.53. The van der Waals surface area contributed by atoms with Gasteiger partial charge in [-0.15, -0.1) is 0 Å². The van der Waals surface area contributed by atoms with Gasteiger partial charge in [-0.05, 0) is 31.0 Å². The van der Waals surface area contributed by atoms with Crippen molar-refractivity contribution in [3.05, 3.63) is 29.3 Å². The zero-order valence-corrected chi connectivity index (χ0v) is 10.4.